The molecule has 56 valence electrons. The van der Waals surface area contributed by atoms with E-state index in [0.29, 0.717) is 6.04 Å². The van der Waals surface area contributed by atoms with Crippen molar-refractivity contribution in [1.82, 2.24) is 5.32 Å². The minimum absolute atomic E-state index is 0. The zero-order valence-corrected chi connectivity index (χ0v) is 6.45. The van der Waals surface area contributed by atoms with Crippen molar-refractivity contribution in [1.29, 1.82) is 0 Å². The third-order valence-corrected chi connectivity index (χ3v) is 1.69. The Hall–Kier alpha value is 0.210. The second-order valence-corrected chi connectivity index (χ2v) is 2.40. The van der Waals surface area contributed by atoms with Gasteiger partial charge in [0.05, 0.1) is 6.10 Å². The van der Waals surface area contributed by atoms with Crippen molar-refractivity contribution in [2.75, 3.05) is 6.54 Å². The van der Waals surface area contributed by atoms with E-state index in [4.69, 9.17) is 5.11 Å². The summed E-state index contributed by atoms with van der Waals surface area (Å²) in [6.45, 7) is 2.92. The van der Waals surface area contributed by atoms with E-state index in [9.17, 15) is 0 Å². The Bertz CT molecular complexity index is 79.5. The van der Waals surface area contributed by atoms with Gasteiger partial charge in [0.1, 0.15) is 0 Å². The molecule has 1 aliphatic rings. The molecule has 0 amide bonds. The quantitative estimate of drug-likeness (QED) is 0.574. The Morgan fingerprint density at radius 3 is 2.56 bits per heavy atom. The van der Waals surface area contributed by atoms with E-state index in [1.807, 2.05) is 0 Å². The zero-order chi connectivity index (χ0) is 5.98. The molecule has 1 aliphatic heterocycles. The van der Waals surface area contributed by atoms with Crippen molar-refractivity contribution >= 4 is 12.4 Å². The van der Waals surface area contributed by atoms with Gasteiger partial charge in [-0.3, -0.25) is 0 Å². The molecule has 0 radical (unpaired) electrons. The summed E-state index contributed by atoms with van der Waals surface area (Å²) in [5, 5.41) is 12.2. The molecule has 2 N–H and O–H groups in total. The topological polar surface area (TPSA) is 32.3 Å². The van der Waals surface area contributed by atoms with Crippen LogP contribution in [-0.4, -0.2) is 23.8 Å². The highest BCUT2D eigenvalue weighted by Gasteiger charge is 2.19. The lowest BCUT2D eigenvalue weighted by atomic mass is 10.2. The van der Waals surface area contributed by atoms with Crippen LogP contribution in [0.15, 0.2) is 0 Å². The summed E-state index contributed by atoms with van der Waals surface area (Å²) in [5.41, 5.74) is 0. The van der Waals surface area contributed by atoms with Crippen molar-refractivity contribution in [2.45, 2.75) is 31.9 Å². The number of halogens is 1. The third kappa shape index (κ3) is 2.52. The van der Waals surface area contributed by atoms with Gasteiger partial charge in [-0.15, -0.1) is 12.4 Å². The van der Waals surface area contributed by atoms with Crippen LogP contribution < -0.4 is 5.32 Å². The SMILES string of the molecule is CC[C@H]1C[C@@H](O)CN1.Cl. The van der Waals surface area contributed by atoms with E-state index in [-0.39, 0.29) is 18.5 Å². The van der Waals surface area contributed by atoms with E-state index < -0.39 is 0 Å². The lowest BCUT2D eigenvalue weighted by molar-refractivity contribution is 0.193. The van der Waals surface area contributed by atoms with Crippen LogP contribution in [-0.2, 0) is 0 Å². The Labute approximate surface area is 62.1 Å². The molecule has 2 atom stereocenters. The van der Waals surface area contributed by atoms with Gasteiger partial charge in [0, 0.05) is 12.6 Å². The number of hydrogen-bond donors (Lipinski definition) is 2. The van der Waals surface area contributed by atoms with Gasteiger partial charge in [0.15, 0.2) is 0 Å². The summed E-state index contributed by atoms with van der Waals surface area (Å²) < 4.78 is 0. The van der Waals surface area contributed by atoms with Crippen LogP contribution >= 0.6 is 12.4 Å². The highest BCUT2D eigenvalue weighted by atomic mass is 35.5. The molecule has 0 unspecified atom stereocenters. The van der Waals surface area contributed by atoms with Gasteiger partial charge in [0.2, 0.25) is 0 Å². The third-order valence-electron chi connectivity index (χ3n) is 1.69. The fourth-order valence-electron chi connectivity index (χ4n) is 1.11. The van der Waals surface area contributed by atoms with Gasteiger partial charge in [-0.1, -0.05) is 6.92 Å². The first-order valence-corrected chi connectivity index (χ1v) is 3.24. The number of hydrogen-bond acceptors (Lipinski definition) is 2. The van der Waals surface area contributed by atoms with Crippen LogP contribution in [0.1, 0.15) is 19.8 Å². The zero-order valence-electron chi connectivity index (χ0n) is 5.63. The molecule has 3 heteroatoms. The summed E-state index contributed by atoms with van der Waals surface area (Å²) in [4.78, 5) is 0. The van der Waals surface area contributed by atoms with Crippen LogP contribution in [0.4, 0.5) is 0 Å². The average molecular weight is 152 g/mol. The fraction of sp³-hybridized carbons (Fsp3) is 1.00. The molecule has 1 heterocycles. The van der Waals surface area contributed by atoms with Crippen LogP contribution in [0.2, 0.25) is 0 Å². The Balaban J connectivity index is 0.000000640. The Morgan fingerprint density at radius 2 is 2.33 bits per heavy atom. The Kier molecular flexibility index (Phi) is 4.19. The molecule has 0 aromatic heterocycles. The number of β-amino-alcohol motifs (C(OH)–C–C–N with tert-alkyl or cyclic N) is 1. The monoisotopic (exact) mass is 151 g/mol. The molecule has 1 rings (SSSR count). The first-order chi connectivity index (χ1) is 3.83. The summed E-state index contributed by atoms with van der Waals surface area (Å²) >= 11 is 0. The molecule has 1 saturated heterocycles. The summed E-state index contributed by atoms with van der Waals surface area (Å²) in [6.07, 6.45) is 1.99. The molecule has 0 spiro atoms. The van der Waals surface area contributed by atoms with Gasteiger partial charge >= 0.3 is 0 Å². The number of nitrogens with one attached hydrogen (secondary N) is 1. The van der Waals surface area contributed by atoms with Crippen molar-refractivity contribution in [3.05, 3.63) is 0 Å². The highest BCUT2D eigenvalue weighted by Crippen LogP contribution is 2.07. The number of rotatable bonds is 1. The van der Waals surface area contributed by atoms with Crippen LogP contribution in [0.3, 0.4) is 0 Å². The molecular formula is C6H14ClNO. The lowest BCUT2D eigenvalue weighted by Crippen LogP contribution is -2.19. The van der Waals surface area contributed by atoms with E-state index in [1.54, 1.807) is 0 Å². The van der Waals surface area contributed by atoms with Crippen molar-refractivity contribution in [3.8, 4) is 0 Å². The molecule has 0 saturated carbocycles. The molecule has 0 bridgehead atoms. The molecule has 0 aromatic rings. The Morgan fingerprint density at radius 1 is 1.67 bits per heavy atom. The van der Waals surface area contributed by atoms with E-state index in [2.05, 4.69) is 12.2 Å². The summed E-state index contributed by atoms with van der Waals surface area (Å²) in [7, 11) is 0. The summed E-state index contributed by atoms with van der Waals surface area (Å²) in [5.74, 6) is 0. The molecular weight excluding hydrogens is 138 g/mol. The van der Waals surface area contributed by atoms with Gasteiger partial charge < -0.3 is 10.4 Å². The van der Waals surface area contributed by atoms with Crippen molar-refractivity contribution < 1.29 is 5.11 Å². The van der Waals surface area contributed by atoms with Gasteiger partial charge in [0.25, 0.3) is 0 Å². The largest absolute Gasteiger partial charge is 0.392 e. The average Bonchev–Trinajstić information content (AvgIpc) is 2.14. The maximum Gasteiger partial charge on any atom is 0.0679 e. The van der Waals surface area contributed by atoms with Gasteiger partial charge in [-0.25, -0.2) is 0 Å². The van der Waals surface area contributed by atoms with E-state index in [1.165, 1.54) is 0 Å². The van der Waals surface area contributed by atoms with Crippen LogP contribution in [0, 0.1) is 0 Å². The molecule has 9 heavy (non-hydrogen) atoms. The van der Waals surface area contributed by atoms with Crippen molar-refractivity contribution in [3.63, 3.8) is 0 Å². The highest BCUT2D eigenvalue weighted by molar-refractivity contribution is 5.85. The standard InChI is InChI=1S/C6H13NO.ClH/c1-2-5-3-6(8)4-7-5;/h5-8H,2-4H2,1H3;1H/t5-,6+;/m0./s1. The number of aliphatic hydroxyl groups excluding tert-OH is 1. The van der Waals surface area contributed by atoms with Gasteiger partial charge in [-0.05, 0) is 12.8 Å². The fourth-order valence-corrected chi connectivity index (χ4v) is 1.11. The maximum absolute atomic E-state index is 8.97. The van der Waals surface area contributed by atoms with Gasteiger partial charge in [-0.2, -0.15) is 0 Å². The smallest absolute Gasteiger partial charge is 0.0679 e. The van der Waals surface area contributed by atoms with E-state index in [0.717, 1.165) is 19.4 Å². The van der Waals surface area contributed by atoms with E-state index >= 15 is 0 Å². The minimum atomic E-state index is -0.0834. The lowest BCUT2D eigenvalue weighted by Gasteiger charge is -2.02. The first kappa shape index (κ1) is 9.21. The predicted molar refractivity (Wildman–Crippen MR) is 40.0 cm³/mol. The number of aliphatic hydroxyl groups is 1. The maximum atomic E-state index is 8.97. The second-order valence-electron chi connectivity index (χ2n) is 2.40. The van der Waals surface area contributed by atoms with Crippen molar-refractivity contribution in [2.24, 2.45) is 0 Å². The first-order valence-electron chi connectivity index (χ1n) is 3.24. The predicted octanol–water partition coefficient (Wildman–Crippen LogP) is 0.541. The summed E-state index contributed by atoms with van der Waals surface area (Å²) in [6, 6.07) is 0.574. The normalized spacial score (nSPS) is 34.0. The van der Waals surface area contributed by atoms with Crippen LogP contribution in [0.25, 0.3) is 0 Å². The second kappa shape index (κ2) is 4.09. The minimum Gasteiger partial charge on any atom is -0.392 e. The molecule has 0 aliphatic carbocycles. The molecule has 0 aromatic carbocycles. The van der Waals surface area contributed by atoms with Crippen LogP contribution in [0.5, 0.6) is 0 Å². The molecule has 1 fully saturated rings. The molecule has 2 nitrogen and oxygen atoms in total.